The molecule has 2 N–H and O–H groups in total. The molecule has 0 saturated heterocycles. The number of aryl methyl sites for hydroxylation is 2. The largest absolute Gasteiger partial charge is 0.480 e. The van der Waals surface area contributed by atoms with Gasteiger partial charge in [0.15, 0.2) is 0 Å². The summed E-state index contributed by atoms with van der Waals surface area (Å²) in [5.41, 5.74) is 1.53. The minimum Gasteiger partial charge on any atom is -0.480 e. The van der Waals surface area contributed by atoms with Gasteiger partial charge in [0.05, 0.1) is 0 Å². The molecule has 1 amide bonds. The highest BCUT2D eigenvalue weighted by atomic mass is 16.4. The van der Waals surface area contributed by atoms with Crippen molar-refractivity contribution in [3.8, 4) is 0 Å². The van der Waals surface area contributed by atoms with Crippen LogP contribution in [0.2, 0.25) is 0 Å². The highest BCUT2D eigenvalue weighted by molar-refractivity contribution is 5.95. The number of amides is 1. The molecule has 0 atom stereocenters. The van der Waals surface area contributed by atoms with Gasteiger partial charge in [0.25, 0.3) is 11.5 Å². The number of aromatic amines is 1. The summed E-state index contributed by atoms with van der Waals surface area (Å²) in [7, 11) is 0. The maximum Gasteiger partial charge on any atom is 0.323 e. The molecule has 0 aromatic carbocycles. The molecule has 1 heterocycles. The molecule has 0 unspecified atom stereocenters. The fourth-order valence-corrected chi connectivity index (χ4v) is 2.67. The van der Waals surface area contributed by atoms with E-state index in [9.17, 15) is 14.4 Å². The molecule has 0 radical (unpaired) electrons. The zero-order chi connectivity index (χ0) is 15.4. The lowest BCUT2D eigenvalue weighted by molar-refractivity contribution is -0.137. The Morgan fingerprint density at radius 2 is 2.00 bits per heavy atom. The summed E-state index contributed by atoms with van der Waals surface area (Å²) >= 11 is 0. The number of carboxylic acids is 1. The summed E-state index contributed by atoms with van der Waals surface area (Å²) < 4.78 is 0. The number of carbonyl (C=O) groups excluding carboxylic acids is 1. The molecule has 0 fully saturated rings. The number of fused-ring (bicyclic) bond motifs is 1. The van der Waals surface area contributed by atoms with Crippen LogP contribution in [-0.4, -0.2) is 40.0 Å². The predicted molar refractivity (Wildman–Crippen MR) is 77.5 cm³/mol. The van der Waals surface area contributed by atoms with Gasteiger partial charge in [0, 0.05) is 12.2 Å². The second-order valence-electron chi connectivity index (χ2n) is 5.29. The number of aromatic nitrogens is 1. The molecule has 1 aliphatic carbocycles. The predicted octanol–water partition coefficient (Wildman–Crippen LogP) is 1.19. The average molecular weight is 292 g/mol. The number of hydrogen-bond acceptors (Lipinski definition) is 3. The van der Waals surface area contributed by atoms with Gasteiger partial charge < -0.3 is 15.0 Å². The number of likely N-dealkylation sites (N-methyl/N-ethyl adjacent to an activating group) is 1. The fraction of sp³-hybridized carbons (Fsp3) is 0.533. The monoisotopic (exact) mass is 292 g/mol. The summed E-state index contributed by atoms with van der Waals surface area (Å²) in [5, 5.41) is 8.83. The van der Waals surface area contributed by atoms with Crippen LogP contribution in [0.3, 0.4) is 0 Å². The van der Waals surface area contributed by atoms with E-state index in [-0.39, 0.29) is 12.1 Å². The van der Waals surface area contributed by atoms with Crippen molar-refractivity contribution >= 4 is 11.9 Å². The van der Waals surface area contributed by atoms with Crippen molar-refractivity contribution in [2.24, 2.45) is 0 Å². The number of aliphatic carboxylic acids is 1. The van der Waals surface area contributed by atoms with Gasteiger partial charge in [-0.1, -0.05) is 6.42 Å². The summed E-state index contributed by atoms with van der Waals surface area (Å²) in [6, 6.07) is 1.65. The van der Waals surface area contributed by atoms with Crippen molar-refractivity contribution in [1.82, 2.24) is 9.88 Å². The molecule has 0 saturated carbocycles. The van der Waals surface area contributed by atoms with E-state index in [1.54, 1.807) is 13.0 Å². The van der Waals surface area contributed by atoms with Gasteiger partial charge in [-0.25, -0.2) is 0 Å². The van der Waals surface area contributed by atoms with Gasteiger partial charge in [0.2, 0.25) is 0 Å². The van der Waals surface area contributed by atoms with E-state index in [2.05, 4.69) is 4.98 Å². The molecule has 0 bridgehead atoms. The molecular formula is C15H20N2O4. The molecule has 1 aromatic heterocycles. The minimum absolute atomic E-state index is 0.0405. The first-order chi connectivity index (χ1) is 10.0. The molecule has 114 valence electrons. The van der Waals surface area contributed by atoms with E-state index in [1.807, 2.05) is 0 Å². The van der Waals surface area contributed by atoms with Crippen molar-refractivity contribution < 1.29 is 14.7 Å². The van der Waals surface area contributed by atoms with Crippen LogP contribution >= 0.6 is 0 Å². The molecule has 2 rings (SSSR count). The summed E-state index contributed by atoms with van der Waals surface area (Å²) in [6.07, 6.45) is 4.86. The first kappa shape index (κ1) is 15.3. The topological polar surface area (TPSA) is 90.5 Å². The Labute approximate surface area is 122 Å². The Balaban J connectivity index is 2.34. The number of H-pyrrole nitrogens is 1. The minimum atomic E-state index is -1.09. The van der Waals surface area contributed by atoms with Crippen LogP contribution in [0, 0.1) is 0 Å². The molecule has 1 aliphatic rings. The van der Waals surface area contributed by atoms with E-state index in [0.717, 1.165) is 48.3 Å². The molecule has 6 nitrogen and oxygen atoms in total. The molecule has 0 aliphatic heterocycles. The Morgan fingerprint density at radius 3 is 2.67 bits per heavy atom. The second-order valence-corrected chi connectivity index (χ2v) is 5.29. The Kier molecular flexibility index (Phi) is 4.77. The first-order valence-electron chi connectivity index (χ1n) is 7.29. The number of hydrogen-bond donors (Lipinski definition) is 2. The van der Waals surface area contributed by atoms with Crippen molar-refractivity contribution in [3.05, 3.63) is 33.2 Å². The second kappa shape index (κ2) is 6.56. The Morgan fingerprint density at radius 1 is 1.29 bits per heavy atom. The number of nitrogens with one attached hydrogen (secondary N) is 1. The van der Waals surface area contributed by atoms with E-state index in [0.29, 0.717) is 0 Å². The fourth-order valence-electron chi connectivity index (χ4n) is 2.67. The standard InChI is InChI=1S/C15H20N2O4/c1-2-17(9-13(18)19)15(21)11-8-10-6-4-3-5-7-12(10)16-14(11)20/h8H,2-7,9H2,1H3,(H,16,20)(H,18,19). The van der Waals surface area contributed by atoms with Crippen LogP contribution in [0.25, 0.3) is 0 Å². The zero-order valence-corrected chi connectivity index (χ0v) is 12.1. The van der Waals surface area contributed by atoms with Gasteiger partial charge >= 0.3 is 5.97 Å². The summed E-state index contributed by atoms with van der Waals surface area (Å²) in [5.74, 6) is -1.61. The van der Waals surface area contributed by atoms with E-state index < -0.39 is 24.0 Å². The number of pyridine rings is 1. The van der Waals surface area contributed by atoms with Gasteiger partial charge in [-0.3, -0.25) is 14.4 Å². The van der Waals surface area contributed by atoms with E-state index >= 15 is 0 Å². The van der Waals surface area contributed by atoms with Crippen LogP contribution in [0.15, 0.2) is 10.9 Å². The zero-order valence-electron chi connectivity index (χ0n) is 12.1. The molecule has 6 heteroatoms. The van der Waals surface area contributed by atoms with Crippen molar-refractivity contribution in [1.29, 1.82) is 0 Å². The van der Waals surface area contributed by atoms with Crippen molar-refractivity contribution in [2.75, 3.05) is 13.1 Å². The van der Waals surface area contributed by atoms with Crippen molar-refractivity contribution in [3.63, 3.8) is 0 Å². The maximum atomic E-state index is 12.3. The third kappa shape index (κ3) is 3.51. The number of rotatable bonds is 4. The lowest BCUT2D eigenvalue weighted by Crippen LogP contribution is -2.38. The summed E-state index contributed by atoms with van der Waals surface area (Å²) in [6.45, 7) is 1.55. The molecule has 21 heavy (non-hydrogen) atoms. The maximum absolute atomic E-state index is 12.3. The Hall–Kier alpha value is -2.11. The van der Waals surface area contributed by atoms with Crippen LogP contribution in [0.5, 0.6) is 0 Å². The van der Waals surface area contributed by atoms with Crippen LogP contribution in [-0.2, 0) is 17.6 Å². The number of carbonyl (C=O) groups is 2. The van der Waals surface area contributed by atoms with Gasteiger partial charge in [-0.05, 0) is 44.2 Å². The van der Waals surface area contributed by atoms with Gasteiger partial charge in [-0.15, -0.1) is 0 Å². The van der Waals surface area contributed by atoms with Crippen LogP contribution in [0.4, 0.5) is 0 Å². The normalized spacial score (nSPS) is 14.1. The SMILES string of the molecule is CCN(CC(=O)O)C(=O)c1cc2c([nH]c1=O)CCCCC2. The quantitative estimate of drug-likeness (QED) is 0.816. The smallest absolute Gasteiger partial charge is 0.323 e. The highest BCUT2D eigenvalue weighted by Crippen LogP contribution is 2.18. The van der Waals surface area contributed by atoms with Crippen molar-refractivity contribution in [2.45, 2.75) is 39.0 Å². The van der Waals surface area contributed by atoms with Crippen LogP contribution < -0.4 is 5.56 Å². The molecular weight excluding hydrogens is 272 g/mol. The number of carboxylic acid groups (broad SMARTS) is 1. The molecule has 1 aromatic rings. The van der Waals surface area contributed by atoms with Gasteiger partial charge in [0.1, 0.15) is 12.1 Å². The van der Waals surface area contributed by atoms with Gasteiger partial charge in [-0.2, -0.15) is 0 Å². The number of nitrogens with zero attached hydrogens (tertiary/aromatic N) is 1. The highest BCUT2D eigenvalue weighted by Gasteiger charge is 2.21. The van der Waals surface area contributed by atoms with E-state index in [4.69, 9.17) is 5.11 Å². The van der Waals surface area contributed by atoms with Crippen LogP contribution in [0.1, 0.15) is 47.8 Å². The lowest BCUT2D eigenvalue weighted by Gasteiger charge is -2.18. The Bertz CT molecular complexity index is 606. The lowest BCUT2D eigenvalue weighted by atomic mass is 10.1. The third-order valence-corrected chi connectivity index (χ3v) is 3.81. The molecule has 0 spiro atoms. The van der Waals surface area contributed by atoms with E-state index in [1.165, 1.54) is 0 Å². The summed E-state index contributed by atoms with van der Waals surface area (Å²) in [4.78, 5) is 39.2. The third-order valence-electron chi connectivity index (χ3n) is 3.81. The first-order valence-corrected chi connectivity index (χ1v) is 7.29. The average Bonchev–Trinajstić information content (AvgIpc) is 2.67.